The highest BCUT2D eigenvalue weighted by atomic mass is 16.4. The van der Waals surface area contributed by atoms with Gasteiger partial charge in [-0.3, -0.25) is 14.6 Å². The standard InChI is InChI=1S/C21H26N4O4.C2H6/c1-14-6-3-7-16(12-14)13-25-11-5-8-17(20(25)27)19(26)24-18(21(28)29)9-4-10-23-15(2)22;1-2/h3,5-8,11-12,18H,4,9-10,13H2,1-2H3,(H2,22,23)(H,24,26)(H,28,29);1-2H3. The molecule has 0 aliphatic carbocycles. The lowest BCUT2D eigenvalue weighted by Gasteiger charge is -2.14. The number of carbonyl (C=O) groups excluding carboxylic acids is 1. The number of aryl methyl sites for hydroxylation is 1. The number of aromatic nitrogens is 1. The van der Waals surface area contributed by atoms with E-state index in [4.69, 9.17) is 5.73 Å². The van der Waals surface area contributed by atoms with Crippen molar-refractivity contribution in [1.82, 2.24) is 9.88 Å². The van der Waals surface area contributed by atoms with Crippen molar-refractivity contribution in [2.75, 3.05) is 6.54 Å². The Morgan fingerprint density at radius 2 is 1.94 bits per heavy atom. The van der Waals surface area contributed by atoms with Crippen LogP contribution in [0.15, 0.2) is 52.4 Å². The molecule has 4 N–H and O–H groups in total. The van der Waals surface area contributed by atoms with Gasteiger partial charge in [0.15, 0.2) is 0 Å². The summed E-state index contributed by atoms with van der Waals surface area (Å²) < 4.78 is 1.43. The minimum absolute atomic E-state index is 0.0952. The lowest BCUT2D eigenvalue weighted by Crippen LogP contribution is -2.43. The molecule has 8 heteroatoms. The second-order valence-corrected chi connectivity index (χ2v) is 6.87. The molecule has 0 saturated carbocycles. The van der Waals surface area contributed by atoms with Crippen LogP contribution in [0.2, 0.25) is 0 Å². The van der Waals surface area contributed by atoms with Crippen molar-refractivity contribution < 1.29 is 14.7 Å². The maximum Gasteiger partial charge on any atom is 0.326 e. The number of aliphatic imine (C=N–C) groups is 1. The van der Waals surface area contributed by atoms with Gasteiger partial charge >= 0.3 is 5.97 Å². The minimum Gasteiger partial charge on any atom is -0.480 e. The predicted molar refractivity (Wildman–Crippen MR) is 123 cm³/mol. The average molecular weight is 429 g/mol. The molecular formula is C23H32N4O4. The van der Waals surface area contributed by atoms with E-state index in [0.717, 1.165) is 11.1 Å². The van der Waals surface area contributed by atoms with Crippen molar-refractivity contribution in [2.45, 2.75) is 53.1 Å². The number of carboxylic acids is 1. The molecule has 1 atom stereocenters. The van der Waals surface area contributed by atoms with Crippen LogP contribution in [0, 0.1) is 6.92 Å². The van der Waals surface area contributed by atoms with E-state index in [0.29, 0.717) is 25.3 Å². The monoisotopic (exact) mass is 428 g/mol. The minimum atomic E-state index is -1.16. The number of amidine groups is 1. The van der Waals surface area contributed by atoms with Crippen LogP contribution in [0.4, 0.5) is 0 Å². The smallest absolute Gasteiger partial charge is 0.326 e. The lowest BCUT2D eigenvalue weighted by molar-refractivity contribution is -0.139. The molecule has 2 rings (SSSR count). The molecule has 0 saturated heterocycles. The molecule has 1 aromatic heterocycles. The van der Waals surface area contributed by atoms with E-state index in [9.17, 15) is 19.5 Å². The van der Waals surface area contributed by atoms with Crippen molar-refractivity contribution in [2.24, 2.45) is 10.7 Å². The highest BCUT2D eigenvalue weighted by Crippen LogP contribution is 2.06. The Morgan fingerprint density at radius 3 is 2.55 bits per heavy atom. The van der Waals surface area contributed by atoms with Crippen LogP contribution in [0.3, 0.4) is 0 Å². The van der Waals surface area contributed by atoms with Crippen molar-refractivity contribution in [3.05, 3.63) is 69.6 Å². The number of amides is 1. The summed E-state index contributed by atoms with van der Waals surface area (Å²) in [4.78, 5) is 40.7. The molecule has 2 aromatic rings. The van der Waals surface area contributed by atoms with Crippen LogP contribution in [0.25, 0.3) is 0 Å². The van der Waals surface area contributed by atoms with Crippen molar-refractivity contribution >= 4 is 17.7 Å². The Balaban J connectivity index is 0.00000233. The third-order valence-electron chi connectivity index (χ3n) is 4.32. The van der Waals surface area contributed by atoms with Gasteiger partial charge in [-0.1, -0.05) is 43.7 Å². The SMILES string of the molecule is CC.CC(N)=NCCCC(NC(=O)c1cccn(Cc2cccc(C)c2)c1=O)C(=O)O. The van der Waals surface area contributed by atoms with Gasteiger partial charge in [-0.2, -0.15) is 0 Å². The normalized spacial score (nSPS) is 11.8. The van der Waals surface area contributed by atoms with Gasteiger partial charge in [0.2, 0.25) is 0 Å². The highest BCUT2D eigenvalue weighted by molar-refractivity contribution is 5.96. The third kappa shape index (κ3) is 8.46. The highest BCUT2D eigenvalue weighted by Gasteiger charge is 2.22. The summed E-state index contributed by atoms with van der Waals surface area (Å²) in [6, 6.07) is 9.61. The quantitative estimate of drug-likeness (QED) is 0.321. The molecule has 31 heavy (non-hydrogen) atoms. The number of benzene rings is 1. The largest absolute Gasteiger partial charge is 0.480 e. The van der Waals surface area contributed by atoms with Crippen LogP contribution in [0.5, 0.6) is 0 Å². The van der Waals surface area contributed by atoms with Gasteiger partial charge < -0.3 is 20.7 Å². The maximum absolute atomic E-state index is 12.7. The number of nitrogens with zero attached hydrogens (tertiary/aromatic N) is 2. The van der Waals surface area contributed by atoms with Crippen molar-refractivity contribution in [1.29, 1.82) is 0 Å². The van der Waals surface area contributed by atoms with E-state index in [1.165, 1.54) is 10.6 Å². The van der Waals surface area contributed by atoms with Gasteiger partial charge in [-0.25, -0.2) is 4.79 Å². The molecule has 1 unspecified atom stereocenters. The van der Waals surface area contributed by atoms with Crippen LogP contribution < -0.4 is 16.6 Å². The Bertz CT molecular complexity index is 962. The van der Waals surface area contributed by atoms with Crippen LogP contribution in [0.1, 0.15) is 55.1 Å². The summed E-state index contributed by atoms with van der Waals surface area (Å²) in [6.07, 6.45) is 2.23. The molecule has 0 radical (unpaired) electrons. The fourth-order valence-corrected chi connectivity index (χ4v) is 2.89. The van der Waals surface area contributed by atoms with E-state index >= 15 is 0 Å². The third-order valence-corrected chi connectivity index (χ3v) is 4.32. The summed E-state index contributed by atoms with van der Waals surface area (Å²) in [7, 11) is 0. The Kier molecular flexibility index (Phi) is 10.7. The van der Waals surface area contributed by atoms with Crippen LogP contribution in [-0.4, -0.2) is 40.0 Å². The molecule has 1 heterocycles. The number of carbonyl (C=O) groups is 2. The zero-order chi connectivity index (χ0) is 23.4. The summed E-state index contributed by atoms with van der Waals surface area (Å²) in [5, 5.41) is 11.8. The van der Waals surface area contributed by atoms with E-state index < -0.39 is 23.5 Å². The molecule has 0 spiro atoms. The van der Waals surface area contributed by atoms with Crippen LogP contribution >= 0.6 is 0 Å². The number of hydrogen-bond donors (Lipinski definition) is 3. The molecule has 8 nitrogen and oxygen atoms in total. The van der Waals surface area contributed by atoms with Crippen molar-refractivity contribution in [3.63, 3.8) is 0 Å². The van der Waals surface area contributed by atoms with Gasteiger partial charge in [0.1, 0.15) is 11.6 Å². The Morgan fingerprint density at radius 1 is 1.23 bits per heavy atom. The molecular weight excluding hydrogens is 396 g/mol. The van der Waals surface area contributed by atoms with Crippen molar-refractivity contribution in [3.8, 4) is 0 Å². The molecule has 1 amide bonds. The van der Waals surface area contributed by atoms with E-state index in [1.807, 2.05) is 45.0 Å². The summed E-state index contributed by atoms with van der Waals surface area (Å²) >= 11 is 0. The Hall–Kier alpha value is -3.42. The zero-order valence-corrected chi connectivity index (χ0v) is 18.6. The summed E-state index contributed by atoms with van der Waals surface area (Å²) in [5.41, 5.74) is 6.88. The predicted octanol–water partition coefficient (Wildman–Crippen LogP) is 2.57. The number of hydrogen-bond acceptors (Lipinski definition) is 4. The molecule has 0 bridgehead atoms. The first-order valence-corrected chi connectivity index (χ1v) is 10.3. The zero-order valence-electron chi connectivity index (χ0n) is 18.6. The van der Waals surface area contributed by atoms with Gasteiger partial charge in [-0.05, 0) is 44.4 Å². The topological polar surface area (TPSA) is 127 Å². The number of pyridine rings is 1. The van der Waals surface area contributed by atoms with Crippen LogP contribution in [-0.2, 0) is 11.3 Å². The number of rotatable bonds is 9. The van der Waals surface area contributed by atoms with Gasteiger partial charge in [0, 0.05) is 12.7 Å². The van der Waals surface area contributed by atoms with E-state index in [1.54, 1.807) is 19.2 Å². The molecule has 168 valence electrons. The number of nitrogens with one attached hydrogen (secondary N) is 1. The number of aliphatic carboxylic acids is 1. The fraction of sp³-hybridized carbons (Fsp3) is 0.391. The van der Waals surface area contributed by atoms with Gasteiger partial charge in [0.25, 0.3) is 11.5 Å². The first-order chi connectivity index (χ1) is 14.8. The fourth-order valence-electron chi connectivity index (χ4n) is 2.89. The lowest BCUT2D eigenvalue weighted by atomic mass is 10.1. The average Bonchev–Trinajstić information content (AvgIpc) is 2.73. The number of carboxylic acid groups (broad SMARTS) is 1. The first-order valence-electron chi connectivity index (χ1n) is 10.3. The van der Waals surface area contributed by atoms with Gasteiger partial charge in [-0.15, -0.1) is 0 Å². The molecule has 0 aliphatic heterocycles. The first kappa shape index (κ1) is 25.6. The molecule has 0 aliphatic rings. The summed E-state index contributed by atoms with van der Waals surface area (Å²) in [6.45, 7) is 8.30. The second kappa shape index (κ2) is 13.0. The summed E-state index contributed by atoms with van der Waals surface area (Å²) in [5.74, 6) is -1.46. The van der Waals surface area contributed by atoms with Gasteiger partial charge in [0.05, 0.1) is 12.4 Å². The Labute approximate surface area is 182 Å². The molecule has 1 aromatic carbocycles. The van der Waals surface area contributed by atoms with E-state index in [2.05, 4.69) is 10.3 Å². The second-order valence-electron chi connectivity index (χ2n) is 6.87. The molecule has 0 fully saturated rings. The van der Waals surface area contributed by atoms with E-state index in [-0.39, 0.29) is 12.0 Å². The maximum atomic E-state index is 12.7. The number of nitrogens with two attached hydrogens (primary N) is 1.